The molecule has 0 aliphatic heterocycles. The first-order valence-corrected chi connectivity index (χ1v) is 6.02. The number of allylic oxidation sites excluding steroid dienone is 1. The Kier molecular flexibility index (Phi) is 11.8. The summed E-state index contributed by atoms with van der Waals surface area (Å²) in [6.07, 6.45) is 14.2. The van der Waals surface area contributed by atoms with Gasteiger partial charge in [-0.05, 0) is 31.1 Å². The maximum absolute atomic E-state index is 4.60. The van der Waals surface area contributed by atoms with Crippen LogP contribution in [0.3, 0.4) is 0 Å². The van der Waals surface area contributed by atoms with Gasteiger partial charge in [-0.15, -0.1) is 0 Å². The van der Waals surface area contributed by atoms with Gasteiger partial charge in [-0.25, -0.2) is 0 Å². The van der Waals surface area contributed by atoms with E-state index in [1.807, 2.05) is 6.08 Å². The maximum Gasteiger partial charge on any atom is -0.0266 e. The van der Waals surface area contributed by atoms with Crippen LogP contribution < -0.4 is 0 Å². The molecule has 0 unspecified atom stereocenters. The van der Waals surface area contributed by atoms with Crippen LogP contribution in [0.4, 0.5) is 0 Å². The van der Waals surface area contributed by atoms with Crippen LogP contribution >= 0.6 is 12.2 Å². The van der Waals surface area contributed by atoms with Gasteiger partial charge in [0.05, 0.1) is 0 Å². The number of thiocarbonyl (C=S) groups is 1. The van der Waals surface area contributed by atoms with Crippen molar-refractivity contribution in [3.05, 3.63) is 6.08 Å². The van der Waals surface area contributed by atoms with E-state index in [0.717, 1.165) is 6.42 Å². The quantitative estimate of drug-likeness (QED) is 0.383. The molecule has 0 rings (SSSR count). The lowest BCUT2D eigenvalue weighted by atomic mass is 10.1. The highest BCUT2D eigenvalue weighted by Crippen LogP contribution is 2.09. The third-order valence-corrected chi connectivity index (χ3v) is 2.45. The summed E-state index contributed by atoms with van der Waals surface area (Å²) in [6, 6.07) is 0. The van der Waals surface area contributed by atoms with Crippen molar-refractivity contribution in [1.29, 1.82) is 0 Å². The van der Waals surface area contributed by atoms with E-state index in [1.165, 1.54) is 51.4 Å². The lowest BCUT2D eigenvalue weighted by Gasteiger charge is -1.99. The number of hydrogen-bond donors (Lipinski definition) is 0. The summed E-state index contributed by atoms with van der Waals surface area (Å²) in [5.74, 6) is 0. The van der Waals surface area contributed by atoms with Gasteiger partial charge in [-0.3, -0.25) is 0 Å². The lowest BCUT2D eigenvalue weighted by Crippen LogP contribution is -1.79. The monoisotopic (exact) mass is 198 g/mol. The Bertz CT molecular complexity index is 134. The van der Waals surface area contributed by atoms with Crippen molar-refractivity contribution in [2.75, 3.05) is 0 Å². The van der Waals surface area contributed by atoms with E-state index >= 15 is 0 Å². The summed E-state index contributed by atoms with van der Waals surface area (Å²) in [6.45, 7) is 2.26. The van der Waals surface area contributed by atoms with Crippen LogP contribution in [-0.4, -0.2) is 5.02 Å². The average molecular weight is 198 g/mol. The van der Waals surface area contributed by atoms with E-state index in [9.17, 15) is 0 Å². The summed E-state index contributed by atoms with van der Waals surface area (Å²) in [5.41, 5.74) is 0. The average Bonchev–Trinajstić information content (AvgIpc) is 2.16. The van der Waals surface area contributed by atoms with E-state index in [4.69, 9.17) is 0 Å². The Morgan fingerprint density at radius 3 is 2.00 bits per heavy atom. The Balaban J connectivity index is 2.87. The zero-order valence-corrected chi connectivity index (χ0v) is 9.67. The molecule has 0 aromatic rings. The molecule has 13 heavy (non-hydrogen) atoms. The lowest BCUT2D eigenvalue weighted by molar-refractivity contribution is 0.578. The van der Waals surface area contributed by atoms with Gasteiger partial charge < -0.3 is 0 Å². The molecule has 0 radical (unpaired) electrons. The molecule has 0 bridgehead atoms. The van der Waals surface area contributed by atoms with Crippen molar-refractivity contribution in [2.24, 2.45) is 0 Å². The zero-order valence-electron chi connectivity index (χ0n) is 8.85. The van der Waals surface area contributed by atoms with Crippen LogP contribution in [0.5, 0.6) is 0 Å². The van der Waals surface area contributed by atoms with Crippen molar-refractivity contribution < 1.29 is 0 Å². The van der Waals surface area contributed by atoms with Crippen molar-refractivity contribution in [3.8, 4) is 0 Å². The molecule has 0 heterocycles. The molecular formula is C12H22S. The Labute approximate surface area is 88.4 Å². The van der Waals surface area contributed by atoms with Crippen LogP contribution in [0.15, 0.2) is 6.08 Å². The largest absolute Gasteiger partial charge is 0.0654 e. The van der Waals surface area contributed by atoms with Gasteiger partial charge in [0.1, 0.15) is 0 Å². The van der Waals surface area contributed by atoms with Gasteiger partial charge in [0.15, 0.2) is 0 Å². The highest BCUT2D eigenvalue weighted by Gasteiger charge is 1.89. The minimum atomic E-state index is 1.12. The zero-order chi connectivity index (χ0) is 9.78. The smallest absolute Gasteiger partial charge is 0.0266 e. The first-order chi connectivity index (χ1) is 6.41. The molecule has 0 aromatic heterocycles. The summed E-state index contributed by atoms with van der Waals surface area (Å²) in [5, 5.41) is 2.64. The van der Waals surface area contributed by atoms with Crippen molar-refractivity contribution in [3.63, 3.8) is 0 Å². The SMILES string of the molecule is CCCCCCCCCCC=C=S. The van der Waals surface area contributed by atoms with Gasteiger partial charge in [0, 0.05) is 0 Å². The Morgan fingerprint density at radius 2 is 1.46 bits per heavy atom. The van der Waals surface area contributed by atoms with Crippen LogP contribution in [0.25, 0.3) is 0 Å². The highest BCUT2D eigenvalue weighted by atomic mass is 32.1. The fourth-order valence-electron chi connectivity index (χ4n) is 1.44. The molecular weight excluding hydrogens is 176 g/mol. The molecule has 0 nitrogen and oxygen atoms in total. The molecule has 0 saturated heterocycles. The number of unbranched alkanes of at least 4 members (excludes halogenated alkanes) is 8. The fourth-order valence-corrected chi connectivity index (χ4v) is 1.56. The molecule has 0 amide bonds. The number of hydrogen-bond acceptors (Lipinski definition) is 1. The van der Waals surface area contributed by atoms with Gasteiger partial charge >= 0.3 is 0 Å². The molecule has 0 aliphatic carbocycles. The van der Waals surface area contributed by atoms with Gasteiger partial charge in [0.2, 0.25) is 0 Å². The van der Waals surface area contributed by atoms with E-state index in [-0.39, 0.29) is 0 Å². The first-order valence-electron chi connectivity index (χ1n) is 5.61. The van der Waals surface area contributed by atoms with Crippen LogP contribution in [0, 0.1) is 0 Å². The standard InChI is InChI=1S/C12H22S/c1-2-3-4-5-6-7-8-9-10-11-12-13/h11H,2-10H2,1H3. The predicted octanol–water partition coefficient (Wildman–Crippen LogP) is 4.67. The van der Waals surface area contributed by atoms with Gasteiger partial charge in [0.25, 0.3) is 0 Å². The molecule has 0 atom stereocenters. The third-order valence-electron chi connectivity index (χ3n) is 2.29. The highest BCUT2D eigenvalue weighted by molar-refractivity contribution is 7.78. The minimum absolute atomic E-state index is 1.12. The molecule has 0 aromatic carbocycles. The van der Waals surface area contributed by atoms with E-state index in [0.29, 0.717) is 0 Å². The predicted molar refractivity (Wildman–Crippen MR) is 64.4 cm³/mol. The van der Waals surface area contributed by atoms with Crippen LogP contribution in [0.2, 0.25) is 0 Å². The summed E-state index contributed by atoms with van der Waals surface area (Å²) in [4.78, 5) is 0. The van der Waals surface area contributed by atoms with E-state index in [1.54, 1.807) is 0 Å². The van der Waals surface area contributed by atoms with Crippen LogP contribution in [-0.2, 0) is 0 Å². The van der Waals surface area contributed by atoms with E-state index < -0.39 is 0 Å². The van der Waals surface area contributed by atoms with Gasteiger partial charge in [-0.2, -0.15) is 0 Å². The molecule has 1 heteroatoms. The normalized spacial score (nSPS) is 9.62. The topological polar surface area (TPSA) is 0 Å². The summed E-state index contributed by atoms with van der Waals surface area (Å²) >= 11 is 4.60. The van der Waals surface area contributed by atoms with Crippen molar-refractivity contribution >= 4 is 17.2 Å². The molecule has 76 valence electrons. The maximum atomic E-state index is 4.60. The fraction of sp³-hybridized carbons (Fsp3) is 0.833. The molecule has 0 saturated carbocycles. The second kappa shape index (κ2) is 11.9. The molecule has 0 N–H and O–H groups in total. The third kappa shape index (κ3) is 11.9. The van der Waals surface area contributed by atoms with E-state index in [2.05, 4.69) is 24.2 Å². The first kappa shape index (κ1) is 12.9. The van der Waals surface area contributed by atoms with Gasteiger partial charge in [-0.1, -0.05) is 56.9 Å². The second-order valence-corrected chi connectivity index (χ2v) is 3.82. The van der Waals surface area contributed by atoms with Crippen molar-refractivity contribution in [2.45, 2.75) is 64.7 Å². The van der Waals surface area contributed by atoms with Crippen molar-refractivity contribution in [1.82, 2.24) is 0 Å². The Hall–Kier alpha value is -0.130. The summed E-state index contributed by atoms with van der Waals surface area (Å²) in [7, 11) is 0. The molecule has 0 aliphatic rings. The molecule has 0 spiro atoms. The molecule has 0 fully saturated rings. The Morgan fingerprint density at radius 1 is 0.923 bits per heavy atom. The second-order valence-electron chi connectivity index (χ2n) is 3.59. The minimum Gasteiger partial charge on any atom is -0.0654 e. The number of rotatable bonds is 9. The summed E-state index contributed by atoms with van der Waals surface area (Å²) < 4.78 is 0. The van der Waals surface area contributed by atoms with Crippen LogP contribution in [0.1, 0.15) is 64.7 Å².